The van der Waals surface area contributed by atoms with Crippen molar-refractivity contribution in [3.8, 4) is 0 Å². The van der Waals surface area contributed by atoms with Gasteiger partial charge in [-0.25, -0.2) is 4.79 Å². The average Bonchev–Trinajstić information content (AvgIpc) is 2.48. The molecule has 0 aliphatic heterocycles. The molecule has 0 bridgehead atoms. The Hall–Kier alpha value is -2.60. The number of aromatic nitrogens is 1. The number of hydrogen-bond acceptors (Lipinski definition) is 4. The van der Waals surface area contributed by atoms with Crippen LogP contribution in [0.1, 0.15) is 15.9 Å². The van der Waals surface area contributed by atoms with Crippen molar-refractivity contribution in [2.45, 2.75) is 6.92 Å². The van der Waals surface area contributed by atoms with Crippen LogP contribution >= 0.6 is 11.6 Å². The summed E-state index contributed by atoms with van der Waals surface area (Å²) in [7, 11) is 0. The van der Waals surface area contributed by atoms with Crippen LogP contribution in [0.4, 0.5) is 5.69 Å². The minimum Gasteiger partial charge on any atom is -0.619 e. The SMILES string of the molecule is Cc1ccc(NC(=O)COC(=O)c2cc[n+]([O-])cc2)c(Cl)c1. The fourth-order valence-corrected chi connectivity index (χ4v) is 1.95. The van der Waals surface area contributed by atoms with Crippen molar-refractivity contribution in [2.24, 2.45) is 0 Å². The van der Waals surface area contributed by atoms with Crippen LogP contribution in [0.25, 0.3) is 0 Å². The predicted molar refractivity (Wildman–Crippen MR) is 80.5 cm³/mol. The van der Waals surface area contributed by atoms with E-state index < -0.39 is 18.5 Å². The Balaban J connectivity index is 1.89. The Labute approximate surface area is 131 Å². The number of nitrogens with one attached hydrogen (secondary N) is 1. The molecule has 114 valence electrons. The largest absolute Gasteiger partial charge is 0.619 e. The maximum atomic E-state index is 11.7. The number of halogens is 1. The maximum Gasteiger partial charge on any atom is 0.339 e. The molecule has 22 heavy (non-hydrogen) atoms. The van der Waals surface area contributed by atoms with Gasteiger partial charge in [-0.05, 0) is 24.6 Å². The maximum absolute atomic E-state index is 11.7. The number of anilines is 1. The van der Waals surface area contributed by atoms with Crippen LogP contribution in [-0.2, 0) is 9.53 Å². The molecule has 1 N–H and O–H groups in total. The first-order chi connectivity index (χ1) is 10.5. The number of ether oxygens (including phenoxy) is 1. The van der Waals surface area contributed by atoms with Crippen molar-refractivity contribution in [3.63, 3.8) is 0 Å². The Kier molecular flexibility index (Phi) is 4.95. The lowest BCUT2D eigenvalue weighted by Crippen LogP contribution is -2.25. The fraction of sp³-hybridized carbons (Fsp3) is 0.133. The summed E-state index contributed by atoms with van der Waals surface area (Å²) in [5, 5.41) is 13.8. The van der Waals surface area contributed by atoms with Crippen LogP contribution < -0.4 is 10.0 Å². The molecule has 0 fully saturated rings. The van der Waals surface area contributed by atoms with E-state index in [0.717, 1.165) is 5.56 Å². The van der Waals surface area contributed by atoms with Gasteiger partial charge in [0.05, 0.1) is 16.3 Å². The second-order valence-electron chi connectivity index (χ2n) is 4.55. The van der Waals surface area contributed by atoms with Gasteiger partial charge in [-0.3, -0.25) is 4.79 Å². The predicted octanol–water partition coefficient (Wildman–Crippen LogP) is 2.08. The monoisotopic (exact) mass is 320 g/mol. The number of carbonyl (C=O) groups is 2. The molecule has 6 nitrogen and oxygen atoms in total. The first-order valence-corrected chi connectivity index (χ1v) is 6.75. The first kappa shape index (κ1) is 15.8. The van der Waals surface area contributed by atoms with Gasteiger partial charge in [0.15, 0.2) is 19.0 Å². The van der Waals surface area contributed by atoms with Gasteiger partial charge in [0.2, 0.25) is 0 Å². The van der Waals surface area contributed by atoms with E-state index in [2.05, 4.69) is 5.32 Å². The molecule has 7 heteroatoms. The molecule has 0 unspecified atom stereocenters. The summed E-state index contributed by atoms with van der Waals surface area (Å²) in [6.45, 7) is 1.43. The number of amides is 1. The van der Waals surface area contributed by atoms with Crippen molar-refractivity contribution < 1.29 is 19.1 Å². The molecule has 1 aromatic carbocycles. The van der Waals surface area contributed by atoms with E-state index in [4.69, 9.17) is 16.3 Å². The van der Waals surface area contributed by atoms with Gasteiger partial charge in [-0.1, -0.05) is 17.7 Å². The van der Waals surface area contributed by atoms with E-state index in [0.29, 0.717) is 15.4 Å². The van der Waals surface area contributed by atoms with Crippen molar-refractivity contribution in [1.82, 2.24) is 0 Å². The van der Waals surface area contributed by atoms with Crippen LogP contribution in [0.15, 0.2) is 42.7 Å². The van der Waals surface area contributed by atoms with Crippen LogP contribution in [0.3, 0.4) is 0 Å². The van der Waals surface area contributed by atoms with Gasteiger partial charge in [0.1, 0.15) is 0 Å². The topological polar surface area (TPSA) is 82.3 Å². The minimum absolute atomic E-state index is 0.188. The Morgan fingerprint density at radius 3 is 2.59 bits per heavy atom. The van der Waals surface area contributed by atoms with Crippen LogP contribution in [0.5, 0.6) is 0 Å². The second kappa shape index (κ2) is 6.91. The van der Waals surface area contributed by atoms with Gasteiger partial charge < -0.3 is 15.3 Å². The molecular weight excluding hydrogens is 308 g/mol. The summed E-state index contributed by atoms with van der Waals surface area (Å²) in [6.07, 6.45) is 2.34. The molecule has 2 aromatic rings. The lowest BCUT2D eigenvalue weighted by Gasteiger charge is -2.08. The fourth-order valence-electron chi connectivity index (χ4n) is 1.67. The summed E-state index contributed by atoms with van der Waals surface area (Å²) >= 11 is 5.99. The molecule has 0 saturated heterocycles. The lowest BCUT2D eigenvalue weighted by molar-refractivity contribution is -0.605. The highest BCUT2D eigenvalue weighted by Crippen LogP contribution is 2.22. The molecule has 0 aliphatic carbocycles. The quantitative estimate of drug-likeness (QED) is 0.531. The first-order valence-electron chi connectivity index (χ1n) is 6.37. The molecule has 2 rings (SSSR count). The molecule has 1 heterocycles. The summed E-state index contributed by atoms with van der Waals surface area (Å²) in [6, 6.07) is 7.80. The van der Waals surface area contributed by atoms with E-state index in [9.17, 15) is 14.8 Å². The highest BCUT2D eigenvalue weighted by molar-refractivity contribution is 6.33. The van der Waals surface area contributed by atoms with Crippen molar-refractivity contribution >= 4 is 29.2 Å². The highest BCUT2D eigenvalue weighted by Gasteiger charge is 2.12. The van der Waals surface area contributed by atoms with Gasteiger partial charge in [-0.2, -0.15) is 4.73 Å². The number of aryl methyl sites for hydroxylation is 1. The summed E-state index contributed by atoms with van der Waals surface area (Å²) in [4.78, 5) is 23.4. The van der Waals surface area contributed by atoms with E-state index in [1.807, 2.05) is 6.92 Å². The van der Waals surface area contributed by atoms with Crippen molar-refractivity contribution in [3.05, 3.63) is 64.1 Å². The summed E-state index contributed by atoms with van der Waals surface area (Å²) in [5.41, 5.74) is 1.60. The van der Waals surface area contributed by atoms with Crippen molar-refractivity contribution in [2.75, 3.05) is 11.9 Å². The summed E-state index contributed by atoms with van der Waals surface area (Å²) < 4.78 is 5.40. The van der Waals surface area contributed by atoms with E-state index >= 15 is 0 Å². The van der Waals surface area contributed by atoms with E-state index in [-0.39, 0.29) is 5.56 Å². The van der Waals surface area contributed by atoms with E-state index in [1.54, 1.807) is 18.2 Å². The minimum atomic E-state index is -0.689. The molecule has 0 aliphatic rings. The third-order valence-electron chi connectivity index (χ3n) is 2.77. The van der Waals surface area contributed by atoms with Gasteiger partial charge in [0, 0.05) is 12.1 Å². The molecule has 1 amide bonds. The highest BCUT2D eigenvalue weighted by atomic mass is 35.5. The zero-order valence-corrected chi connectivity index (χ0v) is 12.5. The third-order valence-corrected chi connectivity index (χ3v) is 3.08. The van der Waals surface area contributed by atoms with Gasteiger partial charge in [-0.15, -0.1) is 0 Å². The lowest BCUT2D eigenvalue weighted by atomic mass is 10.2. The van der Waals surface area contributed by atoms with Crippen LogP contribution in [-0.4, -0.2) is 18.5 Å². The molecule has 0 atom stereocenters. The average molecular weight is 321 g/mol. The Morgan fingerprint density at radius 1 is 1.27 bits per heavy atom. The standard InChI is InChI=1S/C15H13ClN2O4/c1-10-2-3-13(12(16)8-10)17-14(19)9-22-15(20)11-4-6-18(21)7-5-11/h2-8H,9H2,1H3,(H,17,19). The molecular formula is C15H13ClN2O4. The van der Waals surface area contributed by atoms with Gasteiger partial charge >= 0.3 is 5.97 Å². The Bertz CT molecular complexity index is 701. The van der Waals surface area contributed by atoms with E-state index in [1.165, 1.54) is 24.5 Å². The normalized spacial score (nSPS) is 10.1. The van der Waals surface area contributed by atoms with Crippen molar-refractivity contribution in [1.29, 1.82) is 0 Å². The number of hydrogen-bond donors (Lipinski definition) is 1. The smallest absolute Gasteiger partial charge is 0.339 e. The summed E-state index contributed by atoms with van der Waals surface area (Å²) in [5.74, 6) is -1.19. The van der Waals surface area contributed by atoms with Crippen LogP contribution in [0, 0.1) is 12.1 Å². The Morgan fingerprint density at radius 2 is 1.95 bits per heavy atom. The molecule has 0 radical (unpaired) electrons. The third kappa shape index (κ3) is 4.20. The zero-order valence-electron chi connectivity index (χ0n) is 11.7. The van der Waals surface area contributed by atoms with Gasteiger partial charge in [0.25, 0.3) is 5.91 Å². The number of esters is 1. The second-order valence-corrected chi connectivity index (χ2v) is 4.96. The van der Waals surface area contributed by atoms with Crippen LogP contribution in [0.2, 0.25) is 5.02 Å². The molecule has 1 aromatic heterocycles. The number of pyridine rings is 1. The number of benzene rings is 1. The molecule has 0 spiro atoms. The number of rotatable bonds is 4. The zero-order chi connectivity index (χ0) is 16.1. The number of nitrogens with zero attached hydrogens (tertiary/aromatic N) is 1. The molecule has 0 saturated carbocycles. The number of carbonyl (C=O) groups excluding carboxylic acids is 2.